The van der Waals surface area contributed by atoms with Crippen molar-refractivity contribution in [2.24, 2.45) is 23.7 Å². The summed E-state index contributed by atoms with van der Waals surface area (Å²) < 4.78 is 0. The van der Waals surface area contributed by atoms with Gasteiger partial charge in [-0.3, -0.25) is 0 Å². The van der Waals surface area contributed by atoms with Crippen LogP contribution in [0.25, 0.3) is 55.6 Å². The van der Waals surface area contributed by atoms with Gasteiger partial charge in [-0.05, 0) is 183 Å². The highest BCUT2D eigenvalue weighted by Gasteiger charge is 2.57. The van der Waals surface area contributed by atoms with E-state index < -0.39 is 0 Å². The highest BCUT2D eigenvalue weighted by molar-refractivity contribution is 5.94. The highest BCUT2D eigenvalue weighted by Crippen LogP contribution is 2.66. The van der Waals surface area contributed by atoms with Crippen molar-refractivity contribution in [3.63, 3.8) is 0 Å². The summed E-state index contributed by atoms with van der Waals surface area (Å²) in [5, 5.41) is 0. The lowest BCUT2D eigenvalue weighted by Gasteiger charge is -2.54. The molecule has 0 heterocycles. The Morgan fingerprint density at radius 1 is 0.394 bits per heavy atom. The van der Waals surface area contributed by atoms with Gasteiger partial charge in [0.1, 0.15) is 0 Å². The lowest BCUT2D eigenvalue weighted by Crippen LogP contribution is -2.49. The average Bonchev–Trinajstić information content (AvgIpc) is 3.81. The third-order valence-electron chi connectivity index (χ3n) is 17.4. The molecule has 0 N–H and O–H groups in total. The van der Waals surface area contributed by atoms with E-state index in [0.29, 0.717) is 11.8 Å². The van der Waals surface area contributed by atoms with Crippen molar-refractivity contribution in [1.29, 1.82) is 0 Å². The van der Waals surface area contributed by atoms with Crippen LogP contribution in [0.2, 0.25) is 0 Å². The molecule has 0 aromatic heterocycles. The third kappa shape index (κ3) is 6.04. The van der Waals surface area contributed by atoms with Crippen LogP contribution in [-0.4, -0.2) is 0 Å². The molecule has 0 radical (unpaired) electrons. The van der Waals surface area contributed by atoms with E-state index in [4.69, 9.17) is 0 Å². The zero-order valence-corrected chi connectivity index (χ0v) is 38.5. The van der Waals surface area contributed by atoms with Crippen LogP contribution in [0.5, 0.6) is 0 Å². The Labute approximate surface area is 392 Å². The predicted octanol–water partition coefficient (Wildman–Crippen LogP) is 17.7. The van der Waals surface area contributed by atoms with Gasteiger partial charge in [0.15, 0.2) is 0 Å². The van der Waals surface area contributed by atoms with Gasteiger partial charge >= 0.3 is 0 Å². The molecule has 1 nitrogen and oxygen atoms in total. The lowest BCUT2D eigenvalue weighted by atomic mass is 9.49. The Morgan fingerprint density at radius 3 is 1.79 bits per heavy atom. The molecule has 13 rings (SSSR count). The second kappa shape index (κ2) is 15.6. The van der Waals surface area contributed by atoms with Gasteiger partial charge in [-0.1, -0.05) is 179 Å². The van der Waals surface area contributed by atoms with Crippen molar-refractivity contribution in [2.75, 3.05) is 4.90 Å². The molecule has 3 fully saturated rings. The second-order valence-corrected chi connectivity index (χ2v) is 21.0. The summed E-state index contributed by atoms with van der Waals surface area (Å²) >= 11 is 0. The van der Waals surface area contributed by atoms with Crippen molar-refractivity contribution in [1.82, 2.24) is 0 Å². The molecule has 66 heavy (non-hydrogen) atoms. The van der Waals surface area contributed by atoms with E-state index >= 15 is 0 Å². The van der Waals surface area contributed by atoms with E-state index in [1.54, 1.807) is 16.7 Å². The molecule has 5 aliphatic rings. The van der Waals surface area contributed by atoms with Gasteiger partial charge in [-0.2, -0.15) is 0 Å². The molecule has 0 amide bonds. The average molecular weight is 854 g/mol. The largest absolute Gasteiger partial charge is 0.310 e. The van der Waals surface area contributed by atoms with Gasteiger partial charge in [-0.15, -0.1) is 0 Å². The summed E-state index contributed by atoms with van der Waals surface area (Å²) in [6.45, 7) is 5.10. The summed E-state index contributed by atoms with van der Waals surface area (Å²) in [5.41, 5.74) is 23.3. The van der Waals surface area contributed by atoms with Gasteiger partial charge < -0.3 is 4.90 Å². The Morgan fingerprint density at radius 2 is 0.985 bits per heavy atom. The maximum atomic E-state index is 2.58. The van der Waals surface area contributed by atoms with Crippen molar-refractivity contribution in [2.45, 2.75) is 82.5 Å². The number of fused-ring (bicyclic) bond motifs is 13. The van der Waals surface area contributed by atoms with Crippen LogP contribution in [0.15, 0.2) is 188 Å². The highest BCUT2D eigenvalue weighted by atomic mass is 15.1. The number of rotatable bonds is 6. The SMILES string of the molecule is C[C@@H]1CC2C[C@H](C1)[C@@]1(c3ccccc3-c3c(-c4cccc(N(c5ccc(-c6ccccc6)cc5)c5cccc(-c6ccc7c(c6)C6(CCCCC6)c6ccccc6-7)c5)c4)cccc31)[C@@H](C)C2. The summed E-state index contributed by atoms with van der Waals surface area (Å²) in [4.78, 5) is 2.49. The normalized spacial score (nSPS) is 22.9. The van der Waals surface area contributed by atoms with Crippen LogP contribution in [0.3, 0.4) is 0 Å². The Hall–Kier alpha value is -6.44. The van der Waals surface area contributed by atoms with Gasteiger partial charge in [0.05, 0.1) is 0 Å². The zero-order valence-electron chi connectivity index (χ0n) is 38.5. The Balaban J connectivity index is 0.941. The topological polar surface area (TPSA) is 3.24 Å². The van der Waals surface area contributed by atoms with E-state index in [2.05, 4.69) is 207 Å². The van der Waals surface area contributed by atoms with Crippen LogP contribution in [0.4, 0.5) is 17.1 Å². The first kappa shape index (κ1) is 39.9. The quantitative estimate of drug-likeness (QED) is 0.161. The first-order valence-corrected chi connectivity index (χ1v) is 25.1. The Kier molecular flexibility index (Phi) is 9.42. The molecule has 1 unspecified atom stereocenters. The minimum Gasteiger partial charge on any atom is -0.310 e. The minimum absolute atomic E-state index is 0.0642. The van der Waals surface area contributed by atoms with E-state index in [0.717, 1.165) is 28.9 Å². The molecular formula is C65H59N. The fourth-order valence-electron chi connectivity index (χ4n) is 14.9. The molecule has 8 aromatic carbocycles. The van der Waals surface area contributed by atoms with Crippen LogP contribution in [0.1, 0.15) is 93.9 Å². The fourth-order valence-corrected chi connectivity index (χ4v) is 14.9. The van der Waals surface area contributed by atoms with Crippen molar-refractivity contribution in [3.8, 4) is 55.6 Å². The molecule has 324 valence electrons. The lowest BCUT2D eigenvalue weighted by molar-refractivity contribution is 0.0426. The standard InChI is InChI=1S/C65H59N/c1-43-36-45-38-44(2)65(51(37-43)39-45)60-26-10-8-23-58(60)63-55(24-15-27-61(63)65)50-19-14-21-54(41-50)66(52-31-28-47(29-32-52)46-16-5-3-6-17-46)53-20-13-18-48(40-53)49-30-33-57-56-22-7-9-25-59(56)64(62(57)42-49)34-11-4-12-35-64/h3,5-10,13-33,40-45,51H,4,11-12,34-39H2,1-2H3/t43-,44+,45?,51+,65-/m1/s1. The number of benzene rings is 8. The molecular weight excluding hydrogens is 795 g/mol. The summed E-state index contributed by atoms with van der Waals surface area (Å²) in [7, 11) is 0. The fraction of sp³-hybridized carbons (Fsp3) is 0.262. The first-order chi connectivity index (χ1) is 32.5. The van der Waals surface area contributed by atoms with E-state index in [-0.39, 0.29) is 10.8 Å². The van der Waals surface area contributed by atoms with Gasteiger partial charge in [-0.25, -0.2) is 0 Å². The maximum absolute atomic E-state index is 2.58. The predicted molar refractivity (Wildman–Crippen MR) is 277 cm³/mol. The number of hydrogen-bond donors (Lipinski definition) is 0. The maximum Gasteiger partial charge on any atom is 0.0467 e. The molecule has 0 saturated heterocycles. The molecule has 8 aromatic rings. The number of hydrogen-bond acceptors (Lipinski definition) is 1. The van der Waals surface area contributed by atoms with Crippen molar-refractivity contribution in [3.05, 3.63) is 210 Å². The molecule has 5 aliphatic carbocycles. The van der Waals surface area contributed by atoms with Gasteiger partial charge in [0, 0.05) is 27.9 Å². The first-order valence-electron chi connectivity index (χ1n) is 25.1. The van der Waals surface area contributed by atoms with Crippen LogP contribution in [0, 0.1) is 23.7 Å². The molecule has 0 aliphatic heterocycles. The minimum atomic E-state index is 0.0642. The Bertz CT molecular complexity index is 3130. The smallest absolute Gasteiger partial charge is 0.0467 e. The van der Waals surface area contributed by atoms with Crippen molar-refractivity contribution >= 4 is 17.1 Å². The number of nitrogens with zero attached hydrogens (tertiary/aromatic N) is 1. The third-order valence-corrected chi connectivity index (χ3v) is 17.4. The van der Waals surface area contributed by atoms with Gasteiger partial charge in [0.25, 0.3) is 0 Å². The van der Waals surface area contributed by atoms with Crippen LogP contribution >= 0.6 is 0 Å². The van der Waals surface area contributed by atoms with Crippen molar-refractivity contribution < 1.29 is 0 Å². The zero-order chi connectivity index (χ0) is 44.0. The van der Waals surface area contributed by atoms with Crippen LogP contribution < -0.4 is 4.90 Å². The molecule has 2 bridgehead atoms. The van der Waals surface area contributed by atoms with Crippen LogP contribution in [-0.2, 0) is 10.8 Å². The molecule has 1 heteroatoms. The number of anilines is 3. The molecule has 2 spiro atoms. The van der Waals surface area contributed by atoms with E-state index in [1.807, 2.05) is 0 Å². The van der Waals surface area contributed by atoms with Gasteiger partial charge in [0.2, 0.25) is 0 Å². The summed E-state index contributed by atoms with van der Waals surface area (Å²) in [5.74, 6) is 2.92. The second-order valence-electron chi connectivity index (χ2n) is 21.0. The molecule has 3 saturated carbocycles. The van der Waals surface area contributed by atoms with E-state index in [1.165, 1.54) is 119 Å². The molecule has 5 atom stereocenters. The van der Waals surface area contributed by atoms with E-state index in [9.17, 15) is 0 Å². The summed E-state index contributed by atoms with van der Waals surface area (Å²) in [6.07, 6.45) is 11.8. The monoisotopic (exact) mass is 853 g/mol. The summed E-state index contributed by atoms with van der Waals surface area (Å²) in [6, 6.07) is 72.1.